The van der Waals surface area contributed by atoms with Crippen molar-refractivity contribution in [2.45, 2.75) is 37.7 Å². The first-order valence-corrected chi connectivity index (χ1v) is 11.0. The average molecular weight is 430 g/mol. The van der Waals surface area contributed by atoms with Gasteiger partial charge < -0.3 is 4.74 Å². The minimum absolute atomic E-state index is 0.140. The van der Waals surface area contributed by atoms with Gasteiger partial charge in [-0.25, -0.2) is 5.48 Å². The van der Waals surface area contributed by atoms with Gasteiger partial charge in [0.15, 0.2) is 0 Å². The second kappa shape index (κ2) is 10.2. The zero-order valence-corrected chi connectivity index (χ0v) is 17.9. The molecule has 3 aromatic carbocycles. The SMILES string of the molecule is O=C(NOCc1ccccc1)C1CCC(C(=O)Oc2ccccc2)(c2ccccc2)CC1. The summed E-state index contributed by atoms with van der Waals surface area (Å²) in [6, 6.07) is 28.5. The third-order valence-corrected chi connectivity index (χ3v) is 6.14. The number of amides is 1. The van der Waals surface area contributed by atoms with Gasteiger partial charge in [0, 0.05) is 5.92 Å². The fourth-order valence-corrected chi connectivity index (χ4v) is 4.28. The van der Waals surface area contributed by atoms with E-state index in [9.17, 15) is 9.59 Å². The van der Waals surface area contributed by atoms with E-state index in [0.29, 0.717) is 38.0 Å². The Balaban J connectivity index is 1.40. The maximum Gasteiger partial charge on any atom is 0.321 e. The highest BCUT2D eigenvalue weighted by Gasteiger charge is 2.46. The second-order valence-electron chi connectivity index (χ2n) is 8.17. The van der Waals surface area contributed by atoms with Gasteiger partial charge in [0.1, 0.15) is 5.75 Å². The number of carbonyl (C=O) groups is 2. The van der Waals surface area contributed by atoms with Crippen LogP contribution >= 0.6 is 0 Å². The van der Waals surface area contributed by atoms with E-state index < -0.39 is 5.41 Å². The van der Waals surface area contributed by atoms with E-state index in [4.69, 9.17) is 9.57 Å². The van der Waals surface area contributed by atoms with Crippen molar-refractivity contribution < 1.29 is 19.2 Å². The molecule has 0 heterocycles. The zero-order valence-electron chi connectivity index (χ0n) is 17.9. The predicted molar refractivity (Wildman–Crippen MR) is 122 cm³/mol. The highest BCUT2D eigenvalue weighted by Crippen LogP contribution is 2.43. The first-order chi connectivity index (χ1) is 15.7. The van der Waals surface area contributed by atoms with Crippen LogP contribution < -0.4 is 10.2 Å². The summed E-state index contributed by atoms with van der Waals surface area (Å²) in [5, 5.41) is 0. The van der Waals surface area contributed by atoms with E-state index in [1.54, 1.807) is 12.1 Å². The molecular formula is C27H27NO4. The lowest BCUT2D eigenvalue weighted by Crippen LogP contribution is -2.45. The molecule has 1 saturated carbocycles. The molecule has 5 heteroatoms. The van der Waals surface area contributed by atoms with Crippen LogP contribution in [0, 0.1) is 5.92 Å². The van der Waals surface area contributed by atoms with Crippen molar-refractivity contribution in [3.63, 3.8) is 0 Å². The Bertz CT molecular complexity index is 1010. The van der Waals surface area contributed by atoms with Gasteiger partial charge in [0.05, 0.1) is 12.0 Å². The number of esters is 1. The maximum atomic E-state index is 13.3. The van der Waals surface area contributed by atoms with Crippen molar-refractivity contribution in [1.82, 2.24) is 5.48 Å². The zero-order chi connectivity index (χ0) is 22.2. The summed E-state index contributed by atoms with van der Waals surface area (Å²) in [7, 11) is 0. The van der Waals surface area contributed by atoms with Crippen LogP contribution in [-0.4, -0.2) is 11.9 Å². The van der Waals surface area contributed by atoms with Gasteiger partial charge in [0.25, 0.3) is 0 Å². The van der Waals surface area contributed by atoms with Crippen LogP contribution in [0.15, 0.2) is 91.0 Å². The maximum absolute atomic E-state index is 13.3. The van der Waals surface area contributed by atoms with Crippen molar-refractivity contribution in [1.29, 1.82) is 0 Å². The number of rotatable bonds is 7. The molecule has 1 fully saturated rings. The summed E-state index contributed by atoms with van der Waals surface area (Å²) in [5.41, 5.74) is 3.74. The molecule has 3 aromatic rings. The van der Waals surface area contributed by atoms with Gasteiger partial charge in [-0.1, -0.05) is 78.9 Å². The summed E-state index contributed by atoms with van der Waals surface area (Å²) in [4.78, 5) is 31.4. The average Bonchev–Trinajstić information content (AvgIpc) is 2.86. The Labute approximate surface area is 188 Å². The number of ether oxygens (including phenoxy) is 1. The fourth-order valence-electron chi connectivity index (χ4n) is 4.28. The molecule has 4 rings (SSSR count). The van der Waals surface area contributed by atoms with Crippen LogP contribution in [0.1, 0.15) is 36.8 Å². The van der Waals surface area contributed by atoms with Crippen LogP contribution in [-0.2, 0) is 26.4 Å². The normalized spacial score (nSPS) is 20.3. The van der Waals surface area contributed by atoms with Gasteiger partial charge in [-0.3, -0.25) is 14.4 Å². The lowest BCUT2D eigenvalue weighted by molar-refractivity contribution is -0.146. The van der Waals surface area contributed by atoms with Crippen LogP contribution in [0.25, 0.3) is 0 Å². The van der Waals surface area contributed by atoms with Crippen molar-refractivity contribution in [2.24, 2.45) is 5.92 Å². The quantitative estimate of drug-likeness (QED) is 0.327. The molecule has 5 nitrogen and oxygen atoms in total. The largest absolute Gasteiger partial charge is 0.426 e. The number of hydroxylamine groups is 1. The first-order valence-electron chi connectivity index (χ1n) is 11.0. The second-order valence-corrected chi connectivity index (χ2v) is 8.17. The molecule has 0 atom stereocenters. The third kappa shape index (κ3) is 5.06. The van der Waals surface area contributed by atoms with E-state index in [0.717, 1.165) is 11.1 Å². The molecule has 1 aliphatic rings. The molecule has 32 heavy (non-hydrogen) atoms. The smallest absolute Gasteiger partial charge is 0.321 e. The van der Waals surface area contributed by atoms with Gasteiger partial charge in [-0.05, 0) is 48.9 Å². The van der Waals surface area contributed by atoms with Crippen molar-refractivity contribution in [2.75, 3.05) is 0 Å². The van der Waals surface area contributed by atoms with E-state index in [1.807, 2.05) is 78.9 Å². The number of hydrogen-bond acceptors (Lipinski definition) is 4. The molecule has 164 valence electrons. The van der Waals surface area contributed by atoms with E-state index in [2.05, 4.69) is 5.48 Å². The summed E-state index contributed by atoms with van der Waals surface area (Å²) in [6.45, 7) is 0.316. The Morgan fingerprint density at radius 2 is 1.38 bits per heavy atom. The summed E-state index contributed by atoms with van der Waals surface area (Å²) in [6.07, 6.45) is 2.25. The summed E-state index contributed by atoms with van der Waals surface area (Å²) < 4.78 is 5.76. The molecule has 1 N–H and O–H groups in total. The van der Waals surface area contributed by atoms with Crippen LogP contribution in [0.5, 0.6) is 5.75 Å². The minimum atomic E-state index is -0.765. The molecule has 0 unspecified atom stereocenters. The Kier molecular flexibility index (Phi) is 6.97. The summed E-state index contributed by atoms with van der Waals surface area (Å²) >= 11 is 0. The molecule has 1 aliphatic carbocycles. The van der Waals surface area contributed by atoms with Crippen molar-refractivity contribution in [3.8, 4) is 5.75 Å². The lowest BCUT2D eigenvalue weighted by Gasteiger charge is -2.38. The number of nitrogens with one attached hydrogen (secondary N) is 1. The Morgan fingerprint density at radius 1 is 0.812 bits per heavy atom. The molecule has 0 radical (unpaired) electrons. The van der Waals surface area contributed by atoms with Gasteiger partial charge >= 0.3 is 5.97 Å². The Hall–Kier alpha value is -3.44. The molecule has 0 spiro atoms. The van der Waals surface area contributed by atoms with Gasteiger partial charge in [-0.2, -0.15) is 0 Å². The predicted octanol–water partition coefficient (Wildman–Crippen LogP) is 4.97. The van der Waals surface area contributed by atoms with Crippen LogP contribution in [0.4, 0.5) is 0 Å². The summed E-state index contributed by atoms with van der Waals surface area (Å²) in [5.74, 6) is -0.0813. The topological polar surface area (TPSA) is 64.6 Å². The monoisotopic (exact) mass is 429 g/mol. The molecule has 0 aromatic heterocycles. The van der Waals surface area contributed by atoms with E-state index in [-0.39, 0.29) is 17.8 Å². The molecule has 0 saturated heterocycles. The number of carbonyl (C=O) groups excluding carboxylic acids is 2. The molecule has 1 amide bonds. The van der Waals surface area contributed by atoms with E-state index in [1.165, 1.54) is 0 Å². The highest BCUT2D eigenvalue weighted by molar-refractivity contribution is 5.86. The fraction of sp³-hybridized carbons (Fsp3) is 0.259. The number of hydrogen-bond donors (Lipinski definition) is 1. The van der Waals surface area contributed by atoms with E-state index >= 15 is 0 Å². The molecular weight excluding hydrogens is 402 g/mol. The van der Waals surface area contributed by atoms with Crippen molar-refractivity contribution in [3.05, 3.63) is 102 Å². The van der Waals surface area contributed by atoms with Crippen LogP contribution in [0.3, 0.4) is 0 Å². The van der Waals surface area contributed by atoms with Crippen molar-refractivity contribution >= 4 is 11.9 Å². The Morgan fingerprint density at radius 3 is 2.00 bits per heavy atom. The lowest BCUT2D eigenvalue weighted by atomic mass is 9.66. The highest BCUT2D eigenvalue weighted by atomic mass is 16.6. The van der Waals surface area contributed by atoms with Gasteiger partial charge in [-0.15, -0.1) is 0 Å². The molecule has 0 aliphatic heterocycles. The number of para-hydroxylation sites is 1. The standard InChI is InChI=1S/C27H27NO4/c29-25(28-31-20-21-10-4-1-5-11-21)22-16-18-27(19-17-22,23-12-6-2-7-13-23)26(30)32-24-14-8-3-9-15-24/h1-15,22H,16-20H2,(H,28,29). The molecule has 0 bridgehead atoms. The first kappa shape index (κ1) is 21.8. The minimum Gasteiger partial charge on any atom is -0.426 e. The van der Waals surface area contributed by atoms with Crippen LogP contribution in [0.2, 0.25) is 0 Å². The number of benzene rings is 3. The third-order valence-electron chi connectivity index (χ3n) is 6.14. The van der Waals surface area contributed by atoms with Gasteiger partial charge in [0.2, 0.25) is 5.91 Å².